The monoisotopic (exact) mass is 205 g/mol. The summed E-state index contributed by atoms with van der Waals surface area (Å²) in [5.41, 5.74) is 0.0737. The summed E-state index contributed by atoms with van der Waals surface area (Å²) in [5.74, 6) is -1.89. The molecule has 0 heterocycles. The number of ether oxygens (including phenoxy) is 1. The smallest absolute Gasteiger partial charge is 0.381 e. The number of ketones is 1. The molecule has 15 heavy (non-hydrogen) atoms. The van der Waals surface area contributed by atoms with E-state index in [4.69, 9.17) is 5.41 Å². The Morgan fingerprint density at radius 1 is 1.27 bits per heavy atom. The van der Waals surface area contributed by atoms with Crippen molar-refractivity contribution in [3.63, 3.8) is 0 Å². The number of nitrogens with one attached hydrogen (secondary N) is 1. The van der Waals surface area contributed by atoms with Crippen LogP contribution >= 0.6 is 0 Å². The summed E-state index contributed by atoms with van der Waals surface area (Å²) in [6.45, 7) is 1.74. The highest BCUT2D eigenvalue weighted by atomic mass is 16.5. The van der Waals surface area contributed by atoms with Gasteiger partial charge in [-0.25, -0.2) is 4.79 Å². The maximum Gasteiger partial charge on any atom is 0.381 e. The number of carbonyl (C=O) groups is 2. The Bertz CT molecular complexity index is 384. The number of hydrogen-bond donors (Lipinski definition) is 1. The molecular formula is C11H11NO3. The fraction of sp³-hybridized carbons (Fsp3) is 0.182. The van der Waals surface area contributed by atoms with Crippen molar-refractivity contribution < 1.29 is 14.3 Å². The van der Waals surface area contributed by atoms with Gasteiger partial charge in [0.2, 0.25) is 0 Å². The van der Waals surface area contributed by atoms with Crippen LogP contribution in [-0.2, 0) is 14.3 Å². The van der Waals surface area contributed by atoms with Gasteiger partial charge in [-0.05, 0) is 6.92 Å². The lowest BCUT2D eigenvalue weighted by Crippen LogP contribution is -2.26. The van der Waals surface area contributed by atoms with Crippen LogP contribution in [0.1, 0.15) is 12.5 Å². The quantitative estimate of drug-likeness (QED) is 0.456. The van der Waals surface area contributed by atoms with Gasteiger partial charge in [-0.15, -0.1) is 0 Å². The zero-order valence-corrected chi connectivity index (χ0v) is 8.32. The standard InChI is InChI=1S/C11H11NO3/c1-2-15-11(14)10(13)9(12)8-6-4-3-5-7-8/h3-7,12H,2H2,1H3. The molecule has 78 valence electrons. The van der Waals surface area contributed by atoms with E-state index >= 15 is 0 Å². The van der Waals surface area contributed by atoms with Crippen LogP contribution in [0.15, 0.2) is 30.3 Å². The molecule has 0 unspecified atom stereocenters. The second-order valence-electron chi connectivity index (χ2n) is 2.79. The summed E-state index contributed by atoms with van der Waals surface area (Å²) < 4.78 is 4.52. The number of rotatable bonds is 4. The fourth-order valence-electron chi connectivity index (χ4n) is 1.03. The lowest BCUT2D eigenvalue weighted by atomic mass is 10.1. The molecule has 1 aromatic carbocycles. The van der Waals surface area contributed by atoms with Gasteiger partial charge in [-0.2, -0.15) is 0 Å². The first-order valence-electron chi connectivity index (χ1n) is 4.52. The Morgan fingerprint density at radius 2 is 1.87 bits per heavy atom. The predicted octanol–water partition coefficient (Wildman–Crippen LogP) is 1.19. The van der Waals surface area contributed by atoms with E-state index in [9.17, 15) is 9.59 Å². The van der Waals surface area contributed by atoms with E-state index in [2.05, 4.69) is 4.74 Å². The van der Waals surface area contributed by atoms with E-state index in [0.717, 1.165) is 0 Å². The molecule has 0 atom stereocenters. The highest BCUT2D eigenvalue weighted by molar-refractivity contribution is 6.66. The Hall–Kier alpha value is -1.97. The Morgan fingerprint density at radius 3 is 2.40 bits per heavy atom. The largest absolute Gasteiger partial charge is 0.460 e. The molecule has 0 radical (unpaired) electrons. The maximum atomic E-state index is 11.3. The number of Topliss-reactive ketones (excluding diaryl/α,β-unsaturated/α-hetero) is 1. The van der Waals surface area contributed by atoms with Crippen LogP contribution in [-0.4, -0.2) is 24.1 Å². The van der Waals surface area contributed by atoms with Crippen LogP contribution in [0.3, 0.4) is 0 Å². The first-order valence-corrected chi connectivity index (χ1v) is 4.52. The van der Waals surface area contributed by atoms with Gasteiger partial charge in [0.1, 0.15) is 5.71 Å². The highest BCUT2D eigenvalue weighted by Crippen LogP contribution is 2.01. The number of hydrogen-bond acceptors (Lipinski definition) is 4. The summed E-state index contributed by atoms with van der Waals surface area (Å²) in [5, 5.41) is 7.49. The topological polar surface area (TPSA) is 67.2 Å². The third-order valence-corrected chi connectivity index (χ3v) is 1.75. The van der Waals surface area contributed by atoms with Gasteiger partial charge in [-0.1, -0.05) is 30.3 Å². The van der Waals surface area contributed by atoms with Gasteiger partial charge in [0.15, 0.2) is 0 Å². The van der Waals surface area contributed by atoms with Crippen LogP contribution in [0.2, 0.25) is 0 Å². The molecule has 1 aromatic rings. The van der Waals surface area contributed by atoms with E-state index in [1.54, 1.807) is 37.3 Å². The number of benzene rings is 1. The minimum atomic E-state index is -0.980. The van der Waals surface area contributed by atoms with Crippen molar-refractivity contribution in [3.05, 3.63) is 35.9 Å². The molecule has 0 aliphatic carbocycles. The molecule has 0 saturated carbocycles. The maximum absolute atomic E-state index is 11.3. The molecule has 0 aliphatic rings. The van der Waals surface area contributed by atoms with E-state index in [0.29, 0.717) is 5.56 Å². The highest BCUT2D eigenvalue weighted by Gasteiger charge is 2.21. The molecule has 0 aromatic heterocycles. The Kier molecular flexibility index (Phi) is 3.74. The van der Waals surface area contributed by atoms with Crippen molar-refractivity contribution in [1.29, 1.82) is 5.41 Å². The molecule has 4 nitrogen and oxygen atoms in total. The number of carbonyl (C=O) groups excluding carboxylic acids is 2. The third-order valence-electron chi connectivity index (χ3n) is 1.75. The van der Waals surface area contributed by atoms with Gasteiger partial charge >= 0.3 is 5.97 Å². The van der Waals surface area contributed by atoms with Crippen LogP contribution in [0.5, 0.6) is 0 Å². The third kappa shape index (κ3) is 2.74. The summed E-state index contributed by atoms with van der Waals surface area (Å²) in [6.07, 6.45) is 0. The average Bonchev–Trinajstić information content (AvgIpc) is 2.28. The molecule has 1 N–H and O–H groups in total. The molecule has 0 bridgehead atoms. The van der Waals surface area contributed by atoms with Gasteiger partial charge in [0, 0.05) is 5.56 Å². The minimum absolute atomic E-state index is 0.132. The number of esters is 1. The van der Waals surface area contributed by atoms with Gasteiger partial charge < -0.3 is 4.74 Å². The van der Waals surface area contributed by atoms with Crippen molar-refractivity contribution in [1.82, 2.24) is 0 Å². The second-order valence-corrected chi connectivity index (χ2v) is 2.79. The van der Waals surface area contributed by atoms with Crippen molar-refractivity contribution >= 4 is 17.5 Å². The molecule has 4 heteroatoms. The zero-order chi connectivity index (χ0) is 11.3. The van der Waals surface area contributed by atoms with Gasteiger partial charge in [0.25, 0.3) is 5.78 Å². The van der Waals surface area contributed by atoms with E-state index in [-0.39, 0.29) is 12.3 Å². The normalized spacial score (nSPS) is 9.40. The molecule has 0 fully saturated rings. The summed E-state index contributed by atoms with van der Waals surface area (Å²) >= 11 is 0. The molecule has 1 rings (SSSR count). The zero-order valence-electron chi connectivity index (χ0n) is 8.32. The van der Waals surface area contributed by atoms with E-state index in [1.165, 1.54) is 0 Å². The lowest BCUT2D eigenvalue weighted by Gasteiger charge is -2.02. The van der Waals surface area contributed by atoms with Crippen molar-refractivity contribution in [3.8, 4) is 0 Å². The van der Waals surface area contributed by atoms with Gasteiger partial charge in [0.05, 0.1) is 6.61 Å². The molecule has 0 aliphatic heterocycles. The SMILES string of the molecule is CCOC(=O)C(=O)C(=N)c1ccccc1. The van der Waals surface area contributed by atoms with E-state index in [1.807, 2.05) is 0 Å². The van der Waals surface area contributed by atoms with Crippen molar-refractivity contribution in [2.45, 2.75) is 6.92 Å². The molecule has 0 spiro atoms. The molecule has 0 amide bonds. The van der Waals surface area contributed by atoms with Crippen LogP contribution in [0.4, 0.5) is 0 Å². The summed E-state index contributed by atoms with van der Waals surface area (Å²) in [7, 11) is 0. The Labute approximate surface area is 87.4 Å². The van der Waals surface area contributed by atoms with Crippen molar-refractivity contribution in [2.75, 3.05) is 6.61 Å². The average molecular weight is 205 g/mol. The first-order chi connectivity index (χ1) is 7.16. The van der Waals surface area contributed by atoms with E-state index < -0.39 is 11.8 Å². The fourth-order valence-corrected chi connectivity index (χ4v) is 1.03. The molecule has 0 saturated heterocycles. The van der Waals surface area contributed by atoms with Crippen molar-refractivity contribution in [2.24, 2.45) is 0 Å². The molecular weight excluding hydrogens is 194 g/mol. The summed E-state index contributed by atoms with van der Waals surface area (Å²) in [4.78, 5) is 22.4. The summed E-state index contributed by atoms with van der Waals surface area (Å²) in [6, 6.07) is 8.36. The predicted molar refractivity (Wildman–Crippen MR) is 54.9 cm³/mol. The first kappa shape index (κ1) is 11.1. The van der Waals surface area contributed by atoms with Crippen LogP contribution in [0.25, 0.3) is 0 Å². The van der Waals surface area contributed by atoms with Crippen LogP contribution in [0, 0.1) is 5.41 Å². The Balaban J connectivity index is 2.78. The minimum Gasteiger partial charge on any atom is -0.460 e. The van der Waals surface area contributed by atoms with Gasteiger partial charge in [-0.3, -0.25) is 10.2 Å². The lowest BCUT2D eigenvalue weighted by molar-refractivity contribution is -0.150. The van der Waals surface area contributed by atoms with Crippen LogP contribution < -0.4 is 0 Å². The second kappa shape index (κ2) is 5.05.